The third-order valence-electron chi connectivity index (χ3n) is 1.44. The number of aliphatic hydroxyl groups excluding tert-OH is 1. The molecule has 0 aliphatic rings. The number of nitrogen functional groups attached to an aromatic ring is 1. The molecule has 1 aromatic carbocycles. The Morgan fingerprint density at radius 2 is 2.09 bits per heavy atom. The standard InChI is InChI=1S/C8H9NO2/c9-7-4-2-1-3-6(7)8(11)5-10/h1-5,8,11H,9H2/t8-/m0/s1. The van der Waals surface area contributed by atoms with Gasteiger partial charge in [-0.25, -0.2) is 0 Å². The molecule has 0 saturated heterocycles. The van der Waals surface area contributed by atoms with E-state index in [1.54, 1.807) is 24.3 Å². The molecule has 0 heterocycles. The van der Waals surface area contributed by atoms with Gasteiger partial charge in [0.15, 0.2) is 6.29 Å². The third-order valence-corrected chi connectivity index (χ3v) is 1.44. The van der Waals surface area contributed by atoms with E-state index in [-0.39, 0.29) is 0 Å². The van der Waals surface area contributed by atoms with E-state index < -0.39 is 6.10 Å². The first kappa shape index (κ1) is 7.75. The van der Waals surface area contributed by atoms with Crippen molar-refractivity contribution in [2.24, 2.45) is 0 Å². The summed E-state index contributed by atoms with van der Waals surface area (Å²) >= 11 is 0. The number of carbonyl (C=O) groups is 1. The summed E-state index contributed by atoms with van der Waals surface area (Å²) in [6.45, 7) is 0. The number of hydrogen-bond donors (Lipinski definition) is 2. The van der Waals surface area contributed by atoms with Crippen molar-refractivity contribution >= 4 is 12.0 Å². The minimum Gasteiger partial charge on any atom is -0.398 e. The predicted octanol–water partition coefficient (Wildman–Crippen LogP) is 0.501. The van der Waals surface area contributed by atoms with E-state index in [2.05, 4.69) is 0 Å². The summed E-state index contributed by atoms with van der Waals surface area (Å²) < 4.78 is 0. The molecule has 3 heteroatoms. The van der Waals surface area contributed by atoms with Gasteiger partial charge >= 0.3 is 0 Å². The lowest BCUT2D eigenvalue weighted by atomic mass is 10.1. The smallest absolute Gasteiger partial charge is 0.153 e. The molecule has 0 aromatic heterocycles. The van der Waals surface area contributed by atoms with Crippen molar-refractivity contribution in [1.82, 2.24) is 0 Å². The molecule has 0 unspecified atom stereocenters. The molecule has 0 radical (unpaired) electrons. The van der Waals surface area contributed by atoms with Crippen LogP contribution in [0.25, 0.3) is 0 Å². The fraction of sp³-hybridized carbons (Fsp3) is 0.125. The number of carbonyl (C=O) groups excluding carboxylic acids is 1. The zero-order valence-corrected chi connectivity index (χ0v) is 5.90. The van der Waals surface area contributed by atoms with E-state index in [9.17, 15) is 4.79 Å². The summed E-state index contributed by atoms with van der Waals surface area (Å²) in [5, 5.41) is 9.06. The van der Waals surface area contributed by atoms with Crippen molar-refractivity contribution in [3.05, 3.63) is 29.8 Å². The second kappa shape index (κ2) is 3.16. The molecule has 3 N–H and O–H groups in total. The Balaban J connectivity index is 3.02. The van der Waals surface area contributed by atoms with Crippen molar-refractivity contribution in [3.8, 4) is 0 Å². The van der Waals surface area contributed by atoms with Gasteiger partial charge in [-0.05, 0) is 6.07 Å². The molecule has 0 bridgehead atoms. The second-order valence-corrected chi connectivity index (χ2v) is 2.21. The average molecular weight is 151 g/mol. The summed E-state index contributed by atoms with van der Waals surface area (Å²) in [5.41, 5.74) is 6.38. The van der Waals surface area contributed by atoms with Gasteiger partial charge in [-0.15, -0.1) is 0 Å². The average Bonchev–Trinajstić information content (AvgIpc) is 2.04. The van der Waals surface area contributed by atoms with Crippen LogP contribution in [-0.4, -0.2) is 11.4 Å². The van der Waals surface area contributed by atoms with Crippen LogP contribution in [0.2, 0.25) is 0 Å². The number of hydrogen-bond acceptors (Lipinski definition) is 3. The maximum atomic E-state index is 10.2. The lowest BCUT2D eigenvalue weighted by Gasteiger charge is -2.05. The molecular weight excluding hydrogens is 142 g/mol. The van der Waals surface area contributed by atoms with Crippen LogP contribution in [0.1, 0.15) is 11.7 Å². The number of benzene rings is 1. The van der Waals surface area contributed by atoms with Crippen molar-refractivity contribution < 1.29 is 9.90 Å². The Hall–Kier alpha value is -1.35. The van der Waals surface area contributed by atoms with Crippen LogP contribution in [0, 0.1) is 0 Å². The summed E-state index contributed by atoms with van der Waals surface area (Å²) in [7, 11) is 0. The number of nitrogens with two attached hydrogens (primary N) is 1. The van der Waals surface area contributed by atoms with Crippen LogP contribution < -0.4 is 5.73 Å². The highest BCUT2D eigenvalue weighted by atomic mass is 16.3. The van der Waals surface area contributed by atoms with Crippen LogP contribution >= 0.6 is 0 Å². The topological polar surface area (TPSA) is 63.3 Å². The van der Waals surface area contributed by atoms with Crippen LogP contribution in [0.3, 0.4) is 0 Å². The molecule has 0 aliphatic carbocycles. The zero-order chi connectivity index (χ0) is 8.27. The Morgan fingerprint density at radius 1 is 1.45 bits per heavy atom. The largest absolute Gasteiger partial charge is 0.398 e. The Morgan fingerprint density at radius 3 is 2.64 bits per heavy atom. The maximum Gasteiger partial charge on any atom is 0.153 e. The Labute approximate surface area is 64.5 Å². The first-order valence-corrected chi connectivity index (χ1v) is 3.23. The minimum atomic E-state index is -1.10. The lowest BCUT2D eigenvalue weighted by Crippen LogP contribution is -2.02. The molecule has 0 aliphatic heterocycles. The number of aliphatic hydroxyl groups is 1. The van der Waals surface area contributed by atoms with Crippen molar-refractivity contribution in [2.75, 3.05) is 5.73 Å². The predicted molar refractivity (Wildman–Crippen MR) is 41.9 cm³/mol. The Kier molecular flexibility index (Phi) is 2.23. The summed E-state index contributed by atoms with van der Waals surface area (Å²) in [6.07, 6.45) is -0.651. The normalized spacial score (nSPS) is 12.5. The van der Waals surface area contributed by atoms with Gasteiger partial charge in [-0.3, -0.25) is 0 Å². The van der Waals surface area contributed by atoms with Gasteiger partial charge in [0.25, 0.3) is 0 Å². The first-order chi connectivity index (χ1) is 5.25. The molecule has 1 aromatic rings. The highest BCUT2D eigenvalue weighted by Gasteiger charge is 2.07. The number of anilines is 1. The van der Waals surface area contributed by atoms with Crippen molar-refractivity contribution in [3.63, 3.8) is 0 Å². The molecule has 1 atom stereocenters. The third kappa shape index (κ3) is 1.56. The van der Waals surface area contributed by atoms with E-state index in [0.29, 0.717) is 17.5 Å². The lowest BCUT2D eigenvalue weighted by molar-refractivity contribution is -0.115. The highest BCUT2D eigenvalue weighted by Crippen LogP contribution is 2.17. The van der Waals surface area contributed by atoms with Gasteiger partial charge in [-0.1, -0.05) is 18.2 Å². The Bertz CT molecular complexity index is 260. The van der Waals surface area contributed by atoms with Gasteiger partial charge in [0.2, 0.25) is 0 Å². The molecule has 0 spiro atoms. The van der Waals surface area contributed by atoms with E-state index in [1.807, 2.05) is 0 Å². The first-order valence-electron chi connectivity index (χ1n) is 3.23. The molecule has 1 rings (SSSR count). The van der Waals surface area contributed by atoms with E-state index in [1.165, 1.54) is 0 Å². The number of rotatable bonds is 2. The summed E-state index contributed by atoms with van der Waals surface area (Å²) in [4.78, 5) is 10.2. The van der Waals surface area contributed by atoms with Gasteiger partial charge in [0, 0.05) is 11.3 Å². The maximum absolute atomic E-state index is 10.2. The van der Waals surface area contributed by atoms with Crippen LogP contribution in [-0.2, 0) is 4.79 Å². The monoisotopic (exact) mass is 151 g/mol. The minimum absolute atomic E-state index is 0.437. The van der Waals surface area contributed by atoms with Gasteiger partial charge < -0.3 is 15.6 Å². The molecular formula is C8H9NO2. The van der Waals surface area contributed by atoms with E-state index in [0.717, 1.165) is 0 Å². The molecule has 0 fully saturated rings. The number of aldehydes is 1. The summed E-state index contributed by atoms with van der Waals surface area (Å²) in [6, 6.07) is 6.73. The molecule has 0 amide bonds. The summed E-state index contributed by atoms with van der Waals surface area (Å²) in [5.74, 6) is 0. The van der Waals surface area contributed by atoms with E-state index >= 15 is 0 Å². The van der Waals surface area contributed by atoms with Crippen LogP contribution in [0.15, 0.2) is 24.3 Å². The SMILES string of the molecule is Nc1ccccc1[C@@H](O)C=O. The van der Waals surface area contributed by atoms with E-state index in [4.69, 9.17) is 10.8 Å². The van der Waals surface area contributed by atoms with Crippen LogP contribution in [0.5, 0.6) is 0 Å². The van der Waals surface area contributed by atoms with Crippen LogP contribution in [0.4, 0.5) is 5.69 Å². The second-order valence-electron chi connectivity index (χ2n) is 2.21. The fourth-order valence-corrected chi connectivity index (χ4v) is 0.854. The van der Waals surface area contributed by atoms with Gasteiger partial charge in [0.1, 0.15) is 6.10 Å². The van der Waals surface area contributed by atoms with Gasteiger partial charge in [0.05, 0.1) is 0 Å². The molecule has 0 saturated carbocycles. The zero-order valence-electron chi connectivity index (χ0n) is 5.90. The molecule has 3 nitrogen and oxygen atoms in total. The van der Waals surface area contributed by atoms with Crippen molar-refractivity contribution in [1.29, 1.82) is 0 Å². The van der Waals surface area contributed by atoms with Gasteiger partial charge in [-0.2, -0.15) is 0 Å². The molecule has 11 heavy (non-hydrogen) atoms. The van der Waals surface area contributed by atoms with Crippen molar-refractivity contribution in [2.45, 2.75) is 6.10 Å². The number of para-hydroxylation sites is 1. The fourth-order valence-electron chi connectivity index (χ4n) is 0.854. The highest BCUT2D eigenvalue weighted by molar-refractivity contribution is 5.64. The quantitative estimate of drug-likeness (QED) is 0.478. The molecule has 58 valence electrons.